The van der Waals surface area contributed by atoms with Crippen molar-refractivity contribution < 1.29 is 23.1 Å². The van der Waals surface area contributed by atoms with E-state index >= 15 is 0 Å². The second-order valence-electron chi connectivity index (χ2n) is 5.54. The molecule has 1 saturated heterocycles. The van der Waals surface area contributed by atoms with Gasteiger partial charge in [0.05, 0.1) is 0 Å². The Labute approximate surface area is 121 Å². The third-order valence-corrected chi connectivity index (χ3v) is 5.40. The van der Waals surface area contributed by atoms with Gasteiger partial charge in [-0.25, -0.2) is 0 Å². The van der Waals surface area contributed by atoms with Crippen LogP contribution in [0.4, 0.5) is 0 Å². The second-order valence-corrected chi connectivity index (χ2v) is 8.16. The van der Waals surface area contributed by atoms with Crippen molar-refractivity contribution in [2.45, 2.75) is 44.5 Å². The van der Waals surface area contributed by atoms with Gasteiger partial charge in [-0.1, -0.05) is 0 Å². The molecule has 0 spiro atoms. The van der Waals surface area contributed by atoms with Crippen molar-refractivity contribution in [1.82, 2.24) is 5.32 Å². The van der Waals surface area contributed by atoms with Crippen molar-refractivity contribution >= 4 is 14.1 Å². The highest BCUT2D eigenvalue weighted by atomic mass is 31.2. The monoisotopic (exact) mass is 310 g/mol. The Morgan fingerprint density at radius 3 is 1.90 bits per heavy atom. The first-order valence-electron chi connectivity index (χ1n) is 6.47. The summed E-state index contributed by atoms with van der Waals surface area (Å²) < 4.78 is 26.4. The quantitative estimate of drug-likeness (QED) is 0.599. The van der Waals surface area contributed by atoms with Gasteiger partial charge in [-0.15, -0.1) is 0 Å². The van der Waals surface area contributed by atoms with E-state index in [1.54, 1.807) is 0 Å². The molecule has 3 N–H and O–H groups in total. The van der Waals surface area contributed by atoms with E-state index in [4.69, 9.17) is 14.8 Å². The first-order valence-corrected chi connectivity index (χ1v) is 8.01. The lowest BCUT2D eigenvalue weighted by Gasteiger charge is -2.37. The van der Waals surface area contributed by atoms with Gasteiger partial charge in [-0.3, -0.25) is 9.36 Å². The van der Waals surface area contributed by atoms with E-state index in [-0.39, 0.29) is 5.60 Å². The zero-order chi connectivity index (χ0) is 15.9. The fourth-order valence-corrected chi connectivity index (χ4v) is 3.36. The number of rotatable bonds is 4. The first-order chi connectivity index (χ1) is 9.14. The van der Waals surface area contributed by atoms with Crippen LogP contribution in [0.25, 0.3) is 0 Å². The van der Waals surface area contributed by atoms with Crippen LogP contribution >= 0.6 is 7.60 Å². The lowest BCUT2D eigenvalue weighted by Crippen LogP contribution is -2.49. The molecule has 1 heterocycles. The molecule has 0 aromatic heterocycles. The second kappa shape index (κ2) is 8.10. The molecular weight excluding hydrogens is 283 g/mol. The summed E-state index contributed by atoms with van der Waals surface area (Å²) in [6, 6.07) is 0. The average Bonchev–Trinajstić information content (AvgIpc) is 2.38. The summed E-state index contributed by atoms with van der Waals surface area (Å²) in [5.74, 6) is 0. The smallest absolute Gasteiger partial charge is 0.349 e. The highest BCUT2D eigenvalue weighted by molar-refractivity contribution is 7.55. The maximum Gasteiger partial charge on any atom is 0.349 e. The number of hydrogen-bond acceptors (Lipinski definition) is 7. The summed E-state index contributed by atoms with van der Waals surface area (Å²) in [7, 11) is -0.379. The molecule has 0 unspecified atom stereocenters. The van der Waals surface area contributed by atoms with Crippen molar-refractivity contribution in [3.63, 3.8) is 0 Å². The molecule has 20 heavy (non-hydrogen) atoms. The number of piperidine rings is 1. The third-order valence-electron chi connectivity index (χ3n) is 2.90. The number of hydrogen-bond donors (Lipinski definition) is 2. The minimum atomic E-state index is -3.13. The Kier molecular flexibility index (Phi) is 7.91. The molecule has 0 aromatic rings. The van der Waals surface area contributed by atoms with Gasteiger partial charge in [0.25, 0.3) is 6.47 Å². The fourth-order valence-electron chi connectivity index (χ4n) is 1.72. The van der Waals surface area contributed by atoms with Gasteiger partial charge in [0, 0.05) is 14.2 Å². The first kappa shape index (κ1) is 19.5. The highest BCUT2D eigenvalue weighted by Gasteiger charge is 2.47. The molecule has 0 radical (unpaired) electrons. The fraction of sp³-hybridized carbons (Fsp3) is 0.917. The van der Waals surface area contributed by atoms with Crippen LogP contribution in [-0.2, 0) is 23.1 Å². The number of carbonyl (C=O) groups is 1. The molecule has 1 fully saturated rings. The lowest BCUT2D eigenvalue weighted by molar-refractivity contribution is -0.138. The van der Waals surface area contributed by atoms with Gasteiger partial charge < -0.3 is 24.8 Å². The maximum atomic E-state index is 12.0. The third kappa shape index (κ3) is 5.89. The standard InChI is InChI=1S/C7H17N2O3P.C5H10O2/c1-11-13(10,12-2)7(8)3-5-9-6-4-7;1-5(2,3)7-4-6/h9H,3-6,8H2,1-2H3;4H,1-3H3. The maximum absolute atomic E-state index is 12.0. The molecule has 120 valence electrons. The van der Waals surface area contributed by atoms with Crippen molar-refractivity contribution in [3.8, 4) is 0 Å². The minimum absolute atomic E-state index is 0.318. The van der Waals surface area contributed by atoms with Gasteiger partial charge in [0.1, 0.15) is 10.9 Å². The number of nitrogens with two attached hydrogens (primary N) is 1. The van der Waals surface area contributed by atoms with Crippen LogP contribution < -0.4 is 11.1 Å². The van der Waals surface area contributed by atoms with Crippen LogP contribution in [0.15, 0.2) is 0 Å². The summed E-state index contributed by atoms with van der Waals surface area (Å²) in [5.41, 5.74) is 5.69. The Balaban J connectivity index is 0.000000441. The molecule has 0 aliphatic carbocycles. The molecule has 1 rings (SSSR count). The summed E-state index contributed by atoms with van der Waals surface area (Å²) in [4.78, 5) is 9.60. The number of nitrogens with one attached hydrogen (secondary N) is 1. The molecule has 1 aliphatic rings. The van der Waals surface area contributed by atoms with Crippen molar-refractivity contribution in [1.29, 1.82) is 0 Å². The van der Waals surface area contributed by atoms with Crippen LogP contribution in [-0.4, -0.2) is 44.7 Å². The van der Waals surface area contributed by atoms with E-state index in [0.717, 1.165) is 13.1 Å². The molecule has 1 aliphatic heterocycles. The predicted octanol–water partition coefficient (Wildman–Crippen LogP) is 1.47. The summed E-state index contributed by atoms with van der Waals surface area (Å²) in [6.45, 7) is 7.44. The van der Waals surface area contributed by atoms with Crippen LogP contribution in [0.2, 0.25) is 0 Å². The van der Waals surface area contributed by atoms with Gasteiger partial charge in [-0.2, -0.15) is 0 Å². The summed E-state index contributed by atoms with van der Waals surface area (Å²) in [6.07, 6.45) is 1.23. The van der Waals surface area contributed by atoms with Crippen LogP contribution in [0, 0.1) is 0 Å². The molecule has 7 nitrogen and oxygen atoms in total. The number of ether oxygens (including phenoxy) is 1. The topological polar surface area (TPSA) is 99.9 Å². The van der Waals surface area contributed by atoms with Gasteiger partial charge in [0.2, 0.25) is 0 Å². The predicted molar refractivity (Wildman–Crippen MR) is 77.5 cm³/mol. The van der Waals surface area contributed by atoms with E-state index in [0.29, 0.717) is 19.3 Å². The van der Waals surface area contributed by atoms with Gasteiger partial charge >= 0.3 is 7.60 Å². The zero-order valence-electron chi connectivity index (χ0n) is 13.0. The molecule has 0 aromatic carbocycles. The highest BCUT2D eigenvalue weighted by Crippen LogP contribution is 2.59. The van der Waals surface area contributed by atoms with Gasteiger partial charge in [0.15, 0.2) is 0 Å². The summed E-state index contributed by atoms with van der Waals surface area (Å²) >= 11 is 0. The normalized spacial score (nSPS) is 18.7. The molecule has 0 atom stereocenters. The largest absolute Gasteiger partial charge is 0.462 e. The van der Waals surface area contributed by atoms with Crippen LogP contribution in [0.3, 0.4) is 0 Å². The number of carbonyl (C=O) groups excluding carboxylic acids is 1. The zero-order valence-corrected chi connectivity index (χ0v) is 13.9. The molecule has 0 amide bonds. The average molecular weight is 310 g/mol. The van der Waals surface area contributed by atoms with E-state index in [9.17, 15) is 9.36 Å². The Morgan fingerprint density at radius 2 is 1.65 bits per heavy atom. The van der Waals surface area contributed by atoms with Crippen molar-refractivity contribution in [3.05, 3.63) is 0 Å². The molecule has 8 heteroatoms. The Hall–Kier alpha value is -0.460. The van der Waals surface area contributed by atoms with E-state index < -0.39 is 12.9 Å². The SMILES string of the molecule is CC(C)(C)OC=O.COP(=O)(OC)C1(N)CCNCC1. The van der Waals surface area contributed by atoms with E-state index in [1.807, 2.05) is 20.8 Å². The van der Waals surface area contributed by atoms with E-state index in [2.05, 4.69) is 10.1 Å². The van der Waals surface area contributed by atoms with Crippen LogP contribution in [0.1, 0.15) is 33.6 Å². The molecule has 0 bridgehead atoms. The lowest BCUT2D eigenvalue weighted by atomic mass is 10.1. The minimum Gasteiger partial charge on any atom is -0.462 e. The molecule has 0 saturated carbocycles. The Morgan fingerprint density at radius 1 is 1.20 bits per heavy atom. The van der Waals surface area contributed by atoms with Crippen LogP contribution in [0.5, 0.6) is 0 Å². The summed E-state index contributed by atoms with van der Waals surface area (Å²) in [5, 5.41) is 2.33. The van der Waals surface area contributed by atoms with E-state index in [1.165, 1.54) is 14.2 Å². The molecular formula is C12H27N2O5P. The van der Waals surface area contributed by atoms with Crippen molar-refractivity contribution in [2.24, 2.45) is 5.73 Å². The van der Waals surface area contributed by atoms with Crippen molar-refractivity contribution in [2.75, 3.05) is 27.3 Å². The Bertz CT molecular complexity index is 329. The van der Waals surface area contributed by atoms with Gasteiger partial charge in [-0.05, 0) is 46.7 Å².